The quantitative estimate of drug-likeness (QED) is 0.560. The summed E-state index contributed by atoms with van der Waals surface area (Å²) < 4.78 is 10.3. The van der Waals surface area contributed by atoms with E-state index < -0.39 is 30.4 Å². The molecule has 9 nitrogen and oxygen atoms in total. The van der Waals surface area contributed by atoms with Gasteiger partial charge in [0.1, 0.15) is 5.57 Å². The zero-order chi connectivity index (χ0) is 20.3. The summed E-state index contributed by atoms with van der Waals surface area (Å²) in [7, 11) is 1.39. The second kappa shape index (κ2) is 8.12. The molecule has 2 aliphatic rings. The van der Waals surface area contributed by atoms with Crippen molar-refractivity contribution in [2.45, 2.75) is 31.7 Å². The molecule has 1 aromatic carbocycles. The van der Waals surface area contributed by atoms with Gasteiger partial charge in [0, 0.05) is 6.04 Å². The summed E-state index contributed by atoms with van der Waals surface area (Å²) in [6, 6.07) is 3.67. The Hall–Kier alpha value is -3.36. The molecule has 1 heterocycles. The fourth-order valence-corrected chi connectivity index (χ4v) is 3.36. The first kappa shape index (κ1) is 19.4. The number of benzene rings is 1. The van der Waals surface area contributed by atoms with Gasteiger partial charge in [-0.15, -0.1) is 0 Å². The fraction of sp³-hybridized carbons (Fsp3) is 0.368. The van der Waals surface area contributed by atoms with E-state index in [0.29, 0.717) is 5.56 Å². The van der Waals surface area contributed by atoms with Crippen molar-refractivity contribution in [2.24, 2.45) is 0 Å². The molecule has 4 amide bonds. The minimum Gasteiger partial charge on any atom is -0.493 e. The molecule has 2 N–H and O–H groups in total. The Kier molecular flexibility index (Phi) is 5.62. The number of carboxylic acid groups (broad SMARTS) is 1. The number of aliphatic carboxylic acids is 1. The molecule has 2 fully saturated rings. The summed E-state index contributed by atoms with van der Waals surface area (Å²) in [6.45, 7) is -0.532. The lowest BCUT2D eigenvalue weighted by molar-refractivity contribution is -0.139. The van der Waals surface area contributed by atoms with E-state index >= 15 is 0 Å². The second-order valence-corrected chi connectivity index (χ2v) is 6.52. The molecule has 148 valence electrons. The number of nitrogens with zero attached hydrogens (tertiary/aromatic N) is 1. The number of ether oxygens (including phenoxy) is 2. The highest BCUT2D eigenvalue weighted by Gasteiger charge is 2.40. The summed E-state index contributed by atoms with van der Waals surface area (Å²) in [5.74, 6) is -2.04. The highest BCUT2D eigenvalue weighted by molar-refractivity contribution is 6.31. The van der Waals surface area contributed by atoms with Gasteiger partial charge in [-0.1, -0.05) is 18.9 Å². The van der Waals surface area contributed by atoms with Crippen LogP contribution in [0, 0.1) is 0 Å². The Balaban J connectivity index is 1.88. The molecule has 0 bridgehead atoms. The number of hydrogen-bond acceptors (Lipinski definition) is 6. The van der Waals surface area contributed by atoms with Gasteiger partial charge >= 0.3 is 12.0 Å². The van der Waals surface area contributed by atoms with Crippen molar-refractivity contribution in [3.8, 4) is 11.5 Å². The van der Waals surface area contributed by atoms with Crippen molar-refractivity contribution < 1.29 is 33.8 Å². The number of carbonyl (C=O) groups excluding carboxylic acids is 3. The van der Waals surface area contributed by atoms with E-state index in [1.54, 1.807) is 6.07 Å². The molecule has 1 saturated heterocycles. The predicted molar refractivity (Wildman–Crippen MR) is 96.7 cm³/mol. The van der Waals surface area contributed by atoms with Gasteiger partial charge in [-0.2, -0.15) is 0 Å². The Bertz CT molecular complexity index is 856. The number of carbonyl (C=O) groups is 4. The van der Waals surface area contributed by atoms with Crippen LogP contribution in [-0.4, -0.2) is 53.6 Å². The smallest absolute Gasteiger partial charge is 0.341 e. The molecule has 0 atom stereocenters. The number of barbiturate groups is 1. The molecule has 3 rings (SSSR count). The average Bonchev–Trinajstić information content (AvgIpc) is 3.17. The molecule has 0 spiro atoms. The first-order valence-corrected chi connectivity index (χ1v) is 8.84. The molecule has 28 heavy (non-hydrogen) atoms. The number of amides is 4. The van der Waals surface area contributed by atoms with Gasteiger partial charge in [-0.05, 0) is 36.6 Å². The third-order valence-corrected chi connectivity index (χ3v) is 4.67. The van der Waals surface area contributed by atoms with Crippen LogP contribution in [0.3, 0.4) is 0 Å². The largest absolute Gasteiger partial charge is 0.493 e. The average molecular weight is 388 g/mol. The highest BCUT2D eigenvalue weighted by atomic mass is 16.5. The Morgan fingerprint density at radius 2 is 1.96 bits per heavy atom. The molecule has 0 aromatic heterocycles. The van der Waals surface area contributed by atoms with Crippen molar-refractivity contribution in [3.05, 3.63) is 29.3 Å². The van der Waals surface area contributed by atoms with Crippen LogP contribution in [0.2, 0.25) is 0 Å². The van der Waals surface area contributed by atoms with Gasteiger partial charge in [0.25, 0.3) is 11.8 Å². The monoisotopic (exact) mass is 388 g/mol. The Labute approximate surface area is 160 Å². The van der Waals surface area contributed by atoms with Crippen LogP contribution >= 0.6 is 0 Å². The number of hydrogen-bond donors (Lipinski definition) is 2. The third kappa shape index (κ3) is 3.98. The van der Waals surface area contributed by atoms with Gasteiger partial charge in [-0.25, -0.2) is 9.59 Å². The predicted octanol–water partition coefficient (Wildman–Crippen LogP) is 1.56. The number of imide groups is 2. The molecular weight excluding hydrogens is 368 g/mol. The maximum Gasteiger partial charge on any atom is 0.341 e. The molecule has 1 aromatic rings. The van der Waals surface area contributed by atoms with Crippen molar-refractivity contribution in [2.75, 3.05) is 13.7 Å². The van der Waals surface area contributed by atoms with Crippen molar-refractivity contribution in [1.82, 2.24) is 10.2 Å². The van der Waals surface area contributed by atoms with Gasteiger partial charge in [0.15, 0.2) is 18.1 Å². The summed E-state index contributed by atoms with van der Waals surface area (Å²) >= 11 is 0. The number of nitrogens with one attached hydrogen (secondary N) is 1. The molecular formula is C19H20N2O7. The van der Waals surface area contributed by atoms with E-state index in [9.17, 15) is 19.2 Å². The van der Waals surface area contributed by atoms with Gasteiger partial charge in [0.2, 0.25) is 0 Å². The van der Waals surface area contributed by atoms with Gasteiger partial charge < -0.3 is 14.6 Å². The van der Waals surface area contributed by atoms with Crippen LogP contribution in [0.15, 0.2) is 23.8 Å². The first-order chi connectivity index (χ1) is 13.4. The summed E-state index contributed by atoms with van der Waals surface area (Å²) in [4.78, 5) is 48.9. The Morgan fingerprint density at radius 1 is 1.25 bits per heavy atom. The van der Waals surface area contributed by atoms with Gasteiger partial charge in [0.05, 0.1) is 7.11 Å². The molecule has 0 radical (unpaired) electrons. The number of methoxy groups -OCH3 is 1. The molecule has 0 unspecified atom stereocenters. The van der Waals surface area contributed by atoms with Crippen molar-refractivity contribution >= 4 is 29.9 Å². The molecule has 1 saturated carbocycles. The lowest BCUT2D eigenvalue weighted by atomic mass is 10.0. The zero-order valence-corrected chi connectivity index (χ0v) is 15.3. The second-order valence-electron chi connectivity index (χ2n) is 6.52. The first-order valence-electron chi connectivity index (χ1n) is 8.84. The van der Waals surface area contributed by atoms with Crippen LogP contribution in [0.25, 0.3) is 6.08 Å². The fourth-order valence-electron chi connectivity index (χ4n) is 3.36. The number of rotatable bonds is 6. The van der Waals surface area contributed by atoms with Crippen LogP contribution < -0.4 is 14.8 Å². The van der Waals surface area contributed by atoms with Crippen molar-refractivity contribution in [3.63, 3.8) is 0 Å². The Morgan fingerprint density at radius 3 is 2.61 bits per heavy atom. The van der Waals surface area contributed by atoms with E-state index in [1.807, 2.05) is 0 Å². The number of carboxylic acids is 1. The minimum atomic E-state index is -1.13. The lowest BCUT2D eigenvalue weighted by Gasteiger charge is -2.31. The van der Waals surface area contributed by atoms with E-state index in [2.05, 4.69) is 5.32 Å². The molecule has 1 aliphatic heterocycles. The third-order valence-electron chi connectivity index (χ3n) is 4.67. The summed E-state index contributed by atoms with van der Waals surface area (Å²) in [6.07, 6.45) is 4.69. The topological polar surface area (TPSA) is 122 Å². The van der Waals surface area contributed by atoms with Gasteiger partial charge in [-0.3, -0.25) is 19.8 Å². The summed E-state index contributed by atoms with van der Waals surface area (Å²) in [5, 5.41) is 10.9. The SMILES string of the molecule is COc1cc(C=C2C(=O)NC(=O)N(C3CCCC3)C2=O)ccc1OCC(=O)O. The maximum absolute atomic E-state index is 12.8. The zero-order valence-electron chi connectivity index (χ0n) is 15.3. The van der Waals surface area contributed by atoms with Crippen LogP contribution in [0.5, 0.6) is 11.5 Å². The molecule has 9 heteroatoms. The minimum absolute atomic E-state index is 0.146. The van der Waals surface area contributed by atoms with E-state index in [0.717, 1.165) is 30.6 Å². The van der Waals surface area contributed by atoms with E-state index in [1.165, 1.54) is 25.3 Å². The standard InChI is InChI=1S/C19H20N2O7/c1-27-15-9-11(6-7-14(15)28-10-16(22)23)8-13-17(24)20-19(26)21(18(13)25)12-4-2-3-5-12/h6-9,12H,2-5,10H2,1H3,(H,22,23)(H,20,24,26). The van der Waals surface area contributed by atoms with Crippen molar-refractivity contribution in [1.29, 1.82) is 0 Å². The lowest BCUT2D eigenvalue weighted by Crippen LogP contribution is -2.57. The normalized spacial score (nSPS) is 19.1. The van der Waals surface area contributed by atoms with Crippen LogP contribution in [-0.2, 0) is 14.4 Å². The van der Waals surface area contributed by atoms with Crippen LogP contribution in [0.1, 0.15) is 31.2 Å². The molecule has 1 aliphatic carbocycles. The highest BCUT2D eigenvalue weighted by Crippen LogP contribution is 2.30. The summed E-state index contributed by atoms with van der Waals surface area (Å²) in [5.41, 5.74) is 0.325. The number of urea groups is 1. The van der Waals surface area contributed by atoms with E-state index in [-0.39, 0.29) is 23.1 Å². The van der Waals surface area contributed by atoms with E-state index in [4.69, 9.17) is 14.6 Å². The maximum atomic E-state index is 12.8. The van der Waals surface area contributed by atoms with Crippen LogP contribution in [0.4, 0.5) is 4.79 Å².